The summed E-state index contributed by atoms with van der Waals surface area (Å²) in [6.45, 7) is 0. The van der Waals surface area contributed by atoms with Crippen molar-refractivity contribution in [3.63, 3.8) is 0 Å². The number of H-pyrrole nitrogens is 1. The first-order valence-corrected chi connectivity index (χ1v) is 9.81. The molecule has 0 aromatic carbocycles. The van der Waals surface area contributed by atoms with E-state index in [2.05, 4.69) is 35.9 Å². The third-order valence-electron chi connectivity index (χ3n) is 5.06. The SMILES string of the molecule is CNC(=O)N[C@H]1CCC[C@H](Nc2nc(-c3c[nH]c4ncc(Cl)cc34)ncc2F)C1. The minimum absolute atomic E-state index is 0.00207. The molecule has 10 heteroatoms. The summed E-state index contributed by atoms with van der Waals surface area (Å²) in [6, 6.07) is 1.60. The number of rotatable bonds is 4. The third-order valence-corrected chi connectivity index (χ3v) is 5.27. The number of amides is 2. The zero-order valence-corrected chi connectivity index (χ0v) is 16.6. The van der Waals surface area contributed by atoms with Crippen LogP contribution in [-0.2, 0) is 0 Å². The van der Waals surface area contributed by atoms with E-state index in [1.165, 1.54) is 0 Å². The summed E-state index contributed by atoms with van der Waals surface area (Å²) in [7, 11) is 1.58. The van der Waals surface area contributed by atoms with Gasteiger partial charge >= 0.3 is 6.03 Å². The van der Waals surface area contributed by atoms with Crippen LogP contribution in [-0.4, -0.2) is 45.1 Å². The number of aromatic amines is 1. The first kappa shape index (κ1) is 19.4. The van der Waals surface area contributed by atoms with E-state index < -0.39 is 5.82 Å². The zero-order chi connectivity index (χ0) is 20.4. The van der Waals surface area contributed by atoms with Gasteiger partial charge in [0.05, 0.1) is 11.2 Å². The van der Waals surface area contributed by atoms with Crippen molar-refractivity contribution < 1.29 is 9.18 Å². The molecule has 4 N–H and O–H groups in total. The monoisotopic (exact) mass is 417 g/mol. The van der Waals surface area contributed by atoms with E-state index in [1.807, 2.05) is 0 Å². The highest BCUT2D eigenvalue weighted by Gasteiger charge is 2.24. The Morgan fingerprint density at radius 2 is 2.10 bits per heavy atom. The first-order valence-electron chi connectivity index (χ1n) is 9.44. The molecule has 3 aromatic heterocycles. The van der Waals surface area contributed by atoms with Gasteiger partial charge in [-0.1, -0.05) is 11.6 Å². The number of halogens is 2. The molecule has 8 nitrogen and oxygen atoms in total. The van der Waals surface area contributed by atoms with Gasteiger partial charge in [-0.3, -0.25) is 0 Å². The van der Waals surface area contributed by atoms with Gasteiger partial charge in [0.15, 0.2) is 17.5 Å². The quantitative estimate of drug-likeness (QED) is 0.520. The fraction of sp³-hybridized carbons (Fsp3) is 0.368. The Balaban J connectivity index is 1.55. The van der Waals surface area contributed by atoms with Crippen LogP contribution in [0.15, 0.2) is 24.7 Å². The Hall–Kier alpha value is -2.94. The molecule has 0 saturated heterocycles. The second kappa shape index (κ2) is 8.20. The average molecular weight is 418 g/mol. The van der Waals surface area contributed by atoms with Crippen molar-refractivity contribution in [3.05, 3.63) is 35.5 Å². The highest BCUT2D eigenvalue weighted by molar-refractivity contribution is 6.31. The lowest BCUT2D eigenvalue weighted by atomic mass is 9.91. The van der Waals surface area contributed by atoms with E-state index in [9.17, 15) is 9.18 Å². The molecule has 2 atom stereocenters. The smallest absolute Gasteiger partial charge is 0.314 e. The highest BCUT2D eigenvalue weighted by atomic mass is 35.5. The maximum absolute atomic E-state index is 14.4. The van der Waals surface area contributed by atoms with Crippen molar-refractivity contribution >= 4 is 34.5 Å². The van der Waals surface area contributed by atoms with Crippen LogP contribution in [0.1, 0.15) is 25.7 Å². The fourth-order valence-electron chi connectivity index (χ4n) is 3.66. The molecule has 2 amide bonds. The third kappa shape index (κ3) is 4.24. The predicted molar refractivity (Wildman–Crippen MR) is 109 cm³/mol. The molecule has 1 aliphatic carbocycles. The van der Waals surface area contributed by atoms with Crippen molar-refractivity contribution in [3.8, 4) is 11.4 Å². The van der Waals surface area contributed by atoms with Crippen molar-refractivity contribution in [1.82, 2.24) is 30.6 Å². The zero-order valence-electron chi connectivity index (χ0n) is 15.8. The number of pyridine rings is 1. The Morgan fingerprint density at radius 3 is 2.93 bits per heavy atom. The number of anilines is 1. The molecule has 0 aliphatic heterocycles. The summed E-state index contributed by atoms with van der Waals surface area (Å²) in [5.74, 6) is -0.00359. The highest BCUT2D eigenvalue weighted by Crippen LogP contribution is 2.29. The molecule has 1 fully saturated rings. The predicted octanol–water partition coefficient (Wildman–Crippen LogP) is 3.46. The van der Waals surface area contributed by atoms with Gasteiger partial charge in [-0.05, 0) is 31.7 Å². The second-order valence-electron chi connectivity index (χ2n) is 7.07. The molecular weight excluding hydrogens is 397 g/mol. The molecule has 1 saturated carbocycles. The van der Waals surface area contributed by atoms with E-state index >= 15 is 0 Å². The van der Waals surface area contributed by atoms with Crippen molar-refractivity contribution in [2.75, 3.05) is 12.4 Å². The molecule has 0 bridgehead atoms. The van der Waals surface area contributed by atoms with Crippen molar-refractivity contribution in [2.24, 2.45) is 0 Å². The minimum atomic E-state index is -0.522. The summed E-state index contributed by atoms with van der Waals surface area (Å²) < 4.78 is 14.4. The number of carbonyl (C=O) groups excluding carboxylic acids is 1. The van der Waals surface area contributed by atoms with Gasteiger partial charge in [-0.25, -0.2) is 24.1 Å². The van der Waals surface area contributed by atoms with Crippen LogP contribution in [0.4, 0.5) is 15.0 Å². The maximum atomic E-state index is 14.4. The van der Waals surface area contributed by atoms with E-state index in [1.54, 1.807) is 25.5 Å². The molecule has 152 valence electrons. The summed E-state index contributed by atoms with van der Waals surface area (Å²) in [5.41, 5.74) is 1.35. The average Bonchev–Trinajstić information content (AvgIpc) is 3.13. The van der Waals surface area contributed by atoms with Crippen LogP contribution in [0.5, 0.6) is 0 Å². The summed E-state index contributed by atoms with van der Waals surface area (Å²) in [6.07, 6.45) is 7.83. The number of hydrogen-bond acceptors (Lipinski definition) is 5. The summed E-state index contributed by atoms with van der Waals surface area (Å²) in [4.78, 5) is 27.4. The van der Waals surface area contributed by atoms with Crippen LogP contribution >= 0.6 is 11.6 Å². The second-order valence-corrected chi connectivity index (χ2v) is 7.51. The Labute approximate surface area is 171 Å². The van der Waals surface area contributed by atoms with Gasteiger partial charge in [-0.15, -0.1) is 0 Å². The Kier molecular flexibility index (Phi) is 5.48. The molecule has 29 heavy (non-hydrogen) atoms. The van der Waals surface area contributed by atoms with Crippen molar-refractivity contribution in [1.29, 1.82) is 0 Å². The Bertz CT molecular complexity index is 1040. The van der Waals surface area contributed by atoms with E-state index in [0.717, 1.165) is 30.8 Å². The van der Waals surface area contributed by atoms with Gasteiger partial charge < -0.3 is 20.9 Å². The van der Waals surface area contributed by atoms with E-state index in [-0.39, 0.29) is 23.9 Å². The lowest BCUT2D eigenvalue weighted by Crippen LogP contribution is -2.45. The summed E-state index contributed by atoms with van der Waals surface area (Å²) >= 11 is 6.06. The molecular formula is C19H21ClFN7O. The lowest BCUT2D eigenvalue weighted by Gasteiger charge is -2.30. The van der Waals surface area contributed by atoms with Crippen molar-refractivity contribution in [2.45, 2.75) is 37.8 Å². The normalized spacial score (nSPS) is 19.1. The number of hydrogen-bond donors (Lipinski definition) is 4. The number of carbonyl (C=O) groups is 1. The van der Waals surface area contributed by atoms with Crippen LogP contribution in [0.2, 0.25) is 5.02 Å². The molecule has 0 unspecified atom stereocenters. The van der Waals surface area contributed by atoms with Crippen LogP contribution < -0.4 is 16.0 Å². The van der Waals surface area contributed by atoms with Crippen LogP contribution in [0.3, 0.4) is 0 Å². The summed E-state index contributed by atoms with van der Waals surface area (Å²) in [5, 5.41) is 9.92. The number of nitrogens with one attached hydrogen (secondary N) is 4. The minimum Gasteiger partial charge on any atom is -0.365 e. The van der Waals surface area contributed by atoms with Crippen LogP contribution in [0.25, 0.3) is 22.4 Å². The van der Waals surface area contributed by atoms with Gasteiger partial charge in [0.1, 0.15) is 5.65 Å². The molecule has 1 aliphatic rings. The first-order chi connectivity index (χ1) is 14.0. The number of urea groups is 1. The van der Waals surface area contributed by atoms with Gasteiger partial charge in [0.2, 0.25) is 0 Å². The maximum Gasteiger partial charge on any atom is 0.314 e. The van der Waals surface area contributed by atoms with E-state index in [0.29, 0.717) is 28.5 Å². The number of aromatic nitrogens is 4. The standard InChI is InChI=1S/C19H21ClFN7O/c1-22-19(29)27-12-4-2-3-11(6-12)26-18-15(21)9-25-17(28-18)14-8-24-16-13(14)5-10(20)7-23-16/h5,7-9,11-12H,2-4,6H2,1H3,(H,23,24)(H2,22,27,29)(H,25,26,28)/t11-,12-/m0/s1. The molecule has 0 spiro atoms. The molecule has 4 rings (SSSR count). The van der Waals surface area contributed by atoms with Gasteiger partial charge in [0.25, 0.3) is 0 Å². The van der Waals surface area contributed by atoms with Gasteiger partial charge in [0, 0.05) is 42.5 Å². The molecule has 0 radical (unpaired) electrons. The fourth-order valence-corrected chi connectivity index (χ4v) is 3.82. The Morgan fingerprint density at radius 1 is 1.28 bits per heavy atom. The molecule has 3 aromatic rings. The molecule has 3 heterocycles. The van der Waals surface area contributed by atoms with E-state index in [4.69, 9.17) is 11.6 Å². The topological polar surface area (TPSA) is 108 Å². The number of fused-ring (bicyclic) bond motifs is 1. The lowest BCUT2D eigenvalue weighted by molar-refractivity contribution is 0.233. The largest absolute Gasteiger partial charge is 0.365 e. The van der Waals surface area contributed by atoms with Gasteiger partial charge in [-0.2, -0.15) is 0 Å². The van der Waals surface area contributed by atoms with Crippen LogP contribution in [0, 0.1) is 5.82 Å². The number of nitrogens with zero attached hydrogens (tertiary/aromatic N) is 3.